The van der Waals surface area contributed by atoms with Crippen molar-refractivity contribution in [2.24, 2.45) is 5.16 Å². The topological polar surface area (TPSA) is 51.0 Å². The predicted octanol–water partition coefficient (Wildman–Crippen LogP) is 2.95. The number of aromatic hydroxyl groups is 1. The van der Waals surface area contributed by atoms with Crippen molar-refractivity contribution in [3.05, 3.63) is 59.7 Å². The van der Waals surface area contributed by atoms with E-state index >= 15 is 0 Å². The molecular weight excluding hydrogens is 242 g/mol. The fourth-order valence-corrected chi connectivity index (χ4v) is 1.59. The van der Waals surface area contributed by atoms with Crippen LogP contribution in [0.25, 0.3) is 0 Å². The molecule has 0 fully saturated rings. The van der Waals surface area contributed by atoms with Crippen molar-refractivity contribution in [2.75, 3.05) is 7.11 Å². The van der Waals surface area contributed by atoms with Crippen LogP contribution in [0, 0.1) is 0 Å². The Hall–Kier alpha value is -2.49. The van der Waals surface area contributed by atoms with Crippen molar-refractivity contribution in [3.8, 4) is 11.5 Å². The molecule has 0 heterocycles. The Morgan fingerprint density at radius 3 is 2.63 bits per heavy atom. The minimum Gasteiger partial charge on any atom is -0.504 e. The van der Waals surface area contributed by atoms with Gasteiger partial charge in [-0.2, -0.15) is 0 Å². The predicted molar refractivity (Wildman–Crippen MR) is 73.5 cm³/mol. The second-order valence-corrected chi connectivity index (χ2v) is 3.89. The van der Waals surface area contributed by atoms with Crippen LogP contribution in [0.4, 0.5) is 0 Å². The van der Waals surface area contributed by atoms with Crippen molar-refractivity contribution < 1.29 is 14.7 Å². The van der Waals surface area contributed by atoms with E-state index in [0.717, 1.165) is 5.56 Å². The van der Waals surface area contributed by atoms with Crippen LogP contribution in [-0.4, -0.2) is 18.4 Å². The molecule has 1 N–H and O–H groups in total. The molecule has 0 aromatic heterocycles. The minimum absolute atomic E-state index is 0.0528. The summed E-state index contributed by atoms with van der Waals surface area (Å²) < 4.78 is 5.01. The third-order valence-corrected chi connectivity index (χ3v) is 2.59. The molecule has 0 aliphatic carbocycles. The van der Waals surface area contributed by atoms with Gasteiger partial charge in [0.1, 0.15) is 6.61 Å². The Balaban J connectivity index is 1.96. The number of hydrogen-bond acceptors (Lipinski definition) is 4. The van der Waals surface area contributed by atoms with Gasteiger partial charge in [-0.1, -0.05) is 41.6 Å². The largest absolute Gasteiger partial charge is 0.504 e. The van der Waals surface area contributed by atoms with Crippen LogP contribution in [0.2, 0.25) is 0 Å². The summed E-state index contributed by atoms with van der Waals surface area (Å²) in [5, 5.41) is 13.7. The van der Waals surface area contributed by atoms with Gasteiger partial charge in [-0.05, 0) is 17.7 Å². The van der Waals surface area contributed by atoms with Crippen molar-refractivity contribution in [1.29, 1.82) is 0 Å². The maximum Gasteiger partial charge on any atom is 0.166 e. The number of benzene rings is 2. The highest BCUT2D eigenvalue weighted by Crippen LogP contribution is 2.27. The molecule has 19 heavy (non-hydrogen) atoms. The number of rotatable bonds is 5. The normalized spacial score (nSPS) is 10.6. The van der Waals surface area contributed by atoms with E-state index < -0.39 is 0 Å². The zero-order valence-electron chi connectivity index (χ0n) is 10.6. The highest BCUT2D eigenvalue weighted by molar-refractivity contribution is 5.84. The molecule has 0 aliphatic rings. The SMILES string of the molecule is COc1cccc(C=NOCc2ccccc2)c1O. The lowest BCUT2D eigenvalue weighted by atomic mass is 10.2. The molecule has 0 aliphatic heterocycles. The molecule has 0 saturated heterocycles. The standard InChI is InChI=1S/C15H15NO3/c1-18-14-9-5-8-13(15(14)17)10-16-19-11-12-6-3-2-4-7-12/h2-10,17H,11H2,1H3. The fourth-order valence-electron chi connectivity index (χ4n) is 1.59. The van der Waals surface area contributed by atoms with Crippen molar-refractivity contribution in [2.45, 2.75) is 6.61 Å². The van der Waals surface area contributed by atoms with Crippen LogP contribution >= 0.6 is 0 Å². The molecule has 0 atom stereocenters. The monoisotopic (exact) mass is 257 g/mol. The first-order valence-corrected chi connectivity index (χ1v) is 5.86. The quantitative estimate of drug-likeness (QED) is 0.661. The van der Waals surface area contributed by atoms with E-state index in [2.05, 4.69) is 5.16 Å². The number of phenolic OH excluding ortho intramolecular Hbond substituents is 1. The zero-order valence-corrected chi connectivity index (χ0v) is 10.6. The van der Waals surface area contributed by atoms with Gasteiger partial charge in [-0.15, -0.1) is 0 Å². The second-order valence-electron chi connectivity index (χ2n) is 3.89. The van der Waals surface area contributed by atoms with E-state index in [1.54, 1.807) is 18.2 Å². The summed E-state index contributed by atoms with van der Waals surface area (Å²) >= 11 is 0. The van der Waals surface area contributed by atoms with E-state index in [9.17, 15) is 5.11 Å². The van der Waals surface area contributed by atoms with Crippen LogP contribution in [0.1, 0.15) is 11.1 Å². The summed E-state index contributed by atoms with van der Waals surface area (Å²) in [7, 11) is 1.50. The van der Waals surface area contributed by atoms with E-state index in [4.69, 9.17) is 9.57 Å². The molecule has 2 rings (SSSR count). The molecule has 0 saturated carbocycles. The third-order valence-electron chi connectivity index (χ3n) is 2.59. The van der Waals surface area contributed by atoms with E-state index in [1.165, 1.54) is 13.3 Å². The van der Waals surface area contributed by atoms with Gasteiger partial charge < -0.3 is 14.7 Å². The van der Waals surface area contributed by atoms with Gasteiger partial charge in [-0.3, -0.25) is 0 Å². The highest BCUT2D eigenvalue weighted by Gasteiger charge is 2.04. The minimum atomic E-state index is 0.0528. The first-order valence-electron chi connectivity index (χ1n) is 5.86. The molecule has 0 amide bonds. The fraction of sp³-hybridized carbons (Fsp3) is 0.133. The molecule has 0 unspecified atom stereocenters. The molecule has 4 nitrogen and oxygen atoms in total. The highest BCUT2D eigenvalue weighted by atomic mass is 16.6. The molecule has 98 valence electrons. The smallest absolute Gasteiger partial charge is 0.166 e. The van der Waals surface area contributed by atoms with Crippen molar-refractivity contribution in [3.63, 3.8) is 0 Å². The van der Waals surface area contributed by atoms with E-state index in [1.807, 2.05) is 30.3 Å². The van der Waals surface area contributed by atoms with Gasteiger partial charge in [0.05, 0.1) is 13.3 Å². The van der Waals surface area contributed by atoms with Gasteiger partial charge in [-0.25, -0.2) is 0 Å². The van der Waals surface area contributed by atoms with Gasteiger partial charge in [0, 0.05) is 5.56 Å². The number of hydrogen-bond donors (Lipinski definition) is 1. The average Bonchev–Trinajstić information content (AvgIpc) is 2.46. The van der Waals surface area contributed by atoms with Crippen LogP contribution in [0.5, 0.6) is 11.5 Å². The molecular formula is C15H15NO3. The molecule has 0 spiro atoms. The van der Waals surface area contributed by atoms with Crippen LogP contribution in [0.15, 0.2) is 53.7 Å². The van der Waals surface area contributed by atoms with Crippen molar-refractivity contribution >= 4 is 6.21 Å². The lowest BCUT2D eigenvalue weighted by Gasteiger charge is -2.04. The van der Waals surface area contributed by atoms with Gasteiger partial charge in [0.15, 0.2) is 11.5 Å². The molecule has 0 radical (unpaired) electrons. The summed E-state index contributed by atoms with van der Waals surface area (Å²) in [5.41, 5.74) is 1.59. The van der Waals surface area contributed by atoms with Crippen LogP contribution < -0.4 is 4.74 Å². The number of oxime groups is 1. The summed E-state index contributed by atoms with van der Waals surface area (Å²) in [6.07, 6.45) is 1.46. The number of methoxy groups -OCH3 is 1. The summed E-state index contributed by atoms with van der Waals surface area (Å²) in [4.78, 5) is 5.17. The van der Waals surface area contributed by atoms with E-state index in [0.29, 0.717) is 17.9 Å². The number of nitrogens with zero attached hydrogens (tertiary/aromatic N) is 1. The first kappa shape index (κ1) is 13.0. The molecule has 2 aromatic rings. The third kappa shape index (κ3) is 3.48. The maximum absolute atomic E-state index is 9.83. The lowest BCUT2D eigenvalue weighted by molar-refractivity contribution is 0.132. The van der Waals surface area contributed by atoms with Crippen LogP contribution in [-0.2, 0) is 11.4 Å². The van der Waals surface area contributed by atoms with Gasteiger partial charge in [0.2, 0.25) is 0 Å². The second kappa shape index (κ2) is 6.44. The molecule has 0 bridgehead atoms. The lowest BCUT2D eigenvalue weighted by Crippen LogP contribution is -1.90. The number of phenols is 1. The molecule has 2 aromatic carbocycles. The summed E-state index contributed by atoms with van der Waals surface area (Å²) in [6.45, 7) is 0.391. The summed E-state index contributed by atoms with van der Waals surface area (Å²) in [6, 6.07) is 14.9. The summed E-state index contributed by atoms with van der Waals surface area (Å²) in [5.74, 6) is 0.462. The Bertz CT molecular complexity index is 553. The first-order chi connectivity index (χ1) is 9.31. The Kier molecular flexibility index (Phi) is 4.39. The van der Waals surface area contributed by atoms with Crippen LogP contribution in [0.3, 0.4) is 0 Å². The van der Waals surface area contributed by atoms with Gasteiger partial charge in [0.25, 0.3) is 0 Å². The van der Waals surface area contributed by atoms with Crippen molar-refractivity contribution in [1.82, 2.24) is 0 Å². The average molecular weight is 257 g/mol. The maximum atomic E-state index is 9.83. The Labute approximate surface area is 111 Å². The van der Waals surface area contributed by atoms with Gasteiger partial charge >= 0.3 is 0 Å². The number of ether oxygens (including phenoxy) is 1. The van der Waals surface area contributed by atoms with E-state index in [-0.39, 0.29) is 5.75 Å². The Morgan fingerprint density at radius 2 is 1.89 bits per heavy atom. The molecule has 4 heteroatoms. The number of para-hydroxylation sites is 1. The zero-order chi connectivity index (χ0) is 13.5. The Morgan fingerprint density at radius 1 is 1.11 bits per heavy atom.